The SMILES string of the molecule is CC1CCC(Cn2nnnc2-c2cc(F)ccc2N)C1. The Morgan fingerprint density at radius 1 is 1.40 bits per heavy atom. The molecular formula is C14H18FN5. The van der Waals surface area contributed by atoms with Crippen molar-refractivity contribution in [3.63, 3.8) is 0 Å². The molecule has 0 aliphatic heterocycles. The molecule has 0 saturated heterocycles. The molecule has 2 atom stereocenters. The minimum Gasteiger partial charge on any atom is -0.398 e. The molecule has 1 heterocycles. The Labute approximate surface area is 117 Å². The summed E-state index contributed by atoms with van der Waals surface area (Å²) in [6, 6.07) is 4.27. The number of tetrazole rings is 1. The highest BCUT2D eigenvalue weighted by molar-refractivity contribution is 5.71. The number of nitrogens with zero attached hydrogens (tertiary/aromatic N) is 4. The molecule has 1 aromatic carbocycles. The Morgan fingerprint density at radius 2 is 2.25 bits per heavy atom. The molecule has 106 valence electrons. The van der Waals surface area contributed by atoms with Gasteiger partial charge in [0, 0.05) is 17.8 Å². The first-order valence-electron chi connectivity index (χ1n) is 6.95. The number of nitrogen functional groups attached to an aromatic ring is 1. The number of aromatic nitrogens is 4. The molecule has 1 aliphatic carbocycles. The first-order valence-corrected chi connectivity index (χ1v) is 6.95. The fourth-order valence-electron chi connectivity index (χ4n) is 2.98. The van der Waals surface area contributed by atoms with Gasteiger partial charge in [0.2, 0.25) is 0 Å². The fourth-order valence-corrected chi connectivity index (χ4v) is 2.98. The van der Waals surface area contributed by atoms with Crippen LogP contribution in [0.3, 0.4) is 0 Å². The van der Waals surface area contributed by atoms with E-state index >= 15 is 0 Å². The zero-order valence-electron chi connectivity index (χ0n) is 11.5. The Morgan fingerprint density at radius 3 is 3.00 bits per heavy atom. The van der Waals surface area contributed by atoms with Gasteiger partial charge in [-0.15, -0.1) is 5.10 Å². The van der Waals surface area contributed by atoms with Crippen molar-refractivity contribution >= 4 is 5.69 Å². The maximum Gasteiger partial charge on any atom is 0.184 e. The first kappa shape index (κ1) is 13.0. The predicted octanol–water partition coefficient (Wildman–Crippen LogP) is 2.50. The van der Waals surface area contributed by atoms with E-state index in [-0.39, 0.29) is 5.82 Å². The summed E-state index contributed by atoms with van der Waals surface area (Å²) in [5.41, 5.74) is 6.95. The van der Waals surface area contributed by atoms with Gasteiger partial charge < -0.3 is 5.73 Å². The molecule has 1 fully saturated rings. The van der Waals surface area contributed by atoms with Crippen LogP contribution in [0.15, 0.2) is 18.2 Å². The highest BCUT2D eigenvalue weighted by Crippen LogP contribution is 2.32. The minimum absolute atomic E-state index is 0.335. The largest absolute Gasteiger partial charge is 0.398 e. The molecule has 0 amide bonds. The predicted molar refractivity (Wildman–Crippen MR) is 74.1 cm³/mol. The second kappa shape index (κ2) is 5.19. The topological polar surface area (TPSA) is 69.6 Å². The smallest absolute Gasteiger partial charge is 0.184 e. The third kappa shape index (κ3) is 2.50. The average Bonchev–Trinajstić information content (AvgIpc) is 3.02. The summed E-state index contributed by atoms with van der Waals surface area (Å²) < 4.78 is 15.1. The van der Waals surface area contributed by atoms with Crippen LogP contribution >= 0.6 is 0 Å². The van der Waals surface area contributed by atoms with E-state index in [1.807, 2.05) is 0 Å². The lowest BCUT2D eigenvalue weighted by molar-refractivity contribution is 0.412. The van der Waals surface area contributed by atoms with Crippen LogP contribution in [0, 0.1) is 17.7 Å². The first-order chi connectivity index (χ1) is 9.63. The standard InChI is InChI=1S/C14H18FN5/c1-9-2-3-10(6-9)8-20-14(17-18-19-20)12-7-11(15)4-5-13(12)16/h4-5,7,9-10H,2-3,6,8,16H2,1H3. The summed E-state index contributed by atoms with van der Waals surface area (Å²) in [5.74, 6) is 1.56. The second-order valence-electron chi connectivity index (χ2n) is 5.70. The Balaban J connectivity index is 1.88. The lowest BCUT2D eigenvalue weighted by atomic mass is 10.1. The zero-order chi connectivity index (χ0) is 14.1. The summed E-state index contributed by atoms with van der Waals surface area (Å²) in [4.78, 5) is 0. The van der Waals surface area contributed by atoms with Gasteiger partial charge in [0.05, 0.1) is 0 Å². The molecular weight excluding hydrogens is 257 g/mol. The minimum atomic E-state index is -0.335. The molecule has 2 N–H and O–H groups in total. The van der Waals surface area contributed by atoms with Crippen molar-refractivity contribution in [2.24, 2.45) is 11.8 Å². The highest BCUT2D eigenvalue weighted by atomic mass is 19.1. The quantitative estimate of drug-likeness (QED) is 0.874. The van der Waals surface area contributed by atoms with Crippen LogP contribution in [-0.4, -0.2) is 20.2 Å². The molecule has 6 heteroatoms. The van der Waals surface area contributed by atoms with Gasteiger partial charge >= 0.3 is 0 Å². The van der Waals surface area contributed by atoms with E-state index in [1.54, 1.807) is 10.7 Å². The van der Waals surface area contributed by atoms with Gasteiger partial charge in [0.1, 0.15) is 5.82 Å². The molecule has 0 spiro atoms. The summed E-state index contributed by atoms with van der Waals surface area (Å²) in [7, 11) is 0. The van der Waals surface area contributed by atoms with Crippen LogP contribution in [0.4, 0.5) is 10.1 Å². The molecule has 3 rings (SSSR count). The third-order valence-electron chi connectivity index (χ3n) is 4.02. The van der Waals surface area contributed by atoms with E-state index in [9.17, 15) is 4.39 Å². The lowest BCUT2D eigenvalue weighted by Crippen LogP contribution is -2.11. The summed E-state index contributed by atoms with van der Waals surface area (Å²) in [6.45, 7) is 3.04. The number of rotatable bonds is 3. The molecule has 2 unspecified atom stereocenters. The molecule has 0 bridgehead atoms. The van der Waals surface area contributed by atoms with Gasteiger partial charge in [-0.2, -0.15) is 0 Å². The van der Waals surface area contributed by atoms with Crippen molar-refractivity contribution < 1.29 is 4.39 Å². The second-order valence-corrected chi connectivity index (χ2v) is 5.70. The maximum absolute atomic E-state index is 13.4. The molecule has 1 saturated carbocycles. The van der Waals surface area contributed by atoms with Crippen molar-refractivity contribution in [2.45, 2.75) is 32.7 Å². The number of anilines is 1. The van der Waals surface area contributed by atoms with Gasteiger partial charge in [-0.1, -0.05) is 13.3 Å². The van der Waals surface area contributed by atoms with Crippen molar-refractivity contribution in [3.8, 4) is 11.4 Å². The monoisotopic (exact) mass is 275 g/mol. The Bertz CT molecular complexity index is 609. The summed E-state index contributed by atoms with van der Waals surface area (Å²) in [6.07, 6.45) is 3.64. The molecule has 5 nitrogen and oxygen atoms in total. The lowest BCUT2D eigenvalue weighted by Gasteiger charge is -2.11. The van der Waals surface area contributed by atoms with Crippen molar-refractivity contribution in [1.29, 1.82) is 0 Å². The number of hydrogen-bond donors (Lipinski definition) is 1. The Kier molecular flexibility index (Phi) is 3.38. The van der Waals surface area contributed by atoms with E-state index in [0.29, 0.717) is 23.0 Å². The van der Waals surface area contributed by atoms with E-state index < -0.39 is 0 Å². The van der Waals surface area contributed by atoms with Gasteiger partial charge in [-0.25, -0.2) is 9.07 Å². The normalized spacial score (nSPS) is 22.3. The van der Waals surface area contributed by atoms with Crippen LogP contribution in [-0.2, 0) is 6.54 Å². The van der Waals surface area contributed by atoms with Crippen LogP contribution < -0.4 is 5.73 Å². The number of benzene rings is 1. The third-order valence-corrected chi connectivity index (χ3v) is 4.02. The highest BCUT2D eigenvalue weighted by Gasteiger charge is 2.23. The Hall–Kier alpha value is -1.98. The number of hydrogen-bond acceptors (Lipinski definition) is 4. The molecule has 2 aromatic rings. The number of nitrogens with two attached hydrogens (primary N) is 1. The fraction of sp³-hybridized carbons (Fsp3) is 0.500. The maximum atomic E-state index is 13.4. The van der Waals surface area contributed by atoms with Gasteiger partial charge in [-0.05, 0) is 53.3 Å². The van der Waals surface area contributed by atoms with Crippen LogP contribution in [0.25, 0.3) is 11.4 Å². The van der Waals surface area contributed by atoms with Gasteiger partial charge in [0.15, 0.2) is 5.82 Å². The van der Waals surface area contributed by atoms with E-state index in [0.717, 1.165) is 12.5 Å². The molecule has 1 aliphatic rings. The molecule has 0 radical (unpaired) electrons. The average molecular weight is 275 g/mol. The zero-order valence-corrected chi connectivity index (χ0v) is 11.5. The van der Waals surface area contributed by atoms with Crippen molar-refractivity contribution in [1.82, 2.24) is 20.2 Å². The van der Waals surface area contributed by atoms with Crippen LogP contribution in [0.5, 0.6) is 0 Å². The van der Waals surface area contributed by atoms with Crippen molar-refractivity contribution in [2.75, 3.05) is 5.73 Å². The van der Waals surface area contributed by atoms with Crippen LogP contribution in [0.1, 0.15) is 26.2 Å². The summed E-state index contributed by atoms with van der Waals surface area (Å²) in [5, 5.41) is 11.7. The van der Waals surface area contributed by atoms with Crippen LogP contribution in [0.2, 0.25) is 0 Å². The van der Waals surface area contributed by atoms with Crippen molar-refractivity contribution in [3.05, 3.63) is 24.0 Å². The van der Waals surface area contributed by atoms with Gasteiger partial charge in [-0.3, -0.25) is 0 Å². The molecule has 1 aromatic heterocycles. The van der Waals surface area contributed by atoms with E-state index in [1.165, 1.54) is 31.4 Å². The van der Waals surface area contributed by atoms with Gasteiger partial charge in [0.25, 0.3) is 0 Å². The van der Waals surface area contributed by atoms with E-state index in [4.69, 9.17) is 5.73 Å². The summed E-state index contributed by atoms with van der Waals surface area (Å²) >= 11 is 0. The molecule has 20 heavy (non-hydrogen) atoms. The number of halogens is 1. The van der Waals surface area contributed by atoms with E-state index in [2.05, 4.69) is 22.4 Å².